The lowest BCUT2D eigenvalue weighted by Crippen LogP contribution is -2.28. The molecule has 1 amide bonds. The molecular weight excluding hydrogens is 288 g/mol. The minimum absolute atomic E-state index is 0.0378. The first kappa shape index (κ1) is 13.7. The summed E-state index contributed by atoms with van der Waals surface area (Å²) in [5, 5.41) is 4.32. The summed E-state index contributed by atoms with van der Waals surface area (Å²) < 4.78 is 1.83. The van der Waals surface area contributed by atoms with Gasteiger partial charge in [-0.1, -0.05) is 18.2 Å². The smallest absolute Gasteiger partial charge is 0.256 e. The molecule has 114 valence electrons. The number of carbonyl (C=O) groups excluding carboxylic acids is 1. The van der Waals surface area contributed by atoms with E-state index in [1.165, 1.54) is 0 Å². The van der Waals surface area contributed by atoms with Gasteiger partial charge in [-0.3, -0.25) is 9.78 Å². The van der Waals surface area contributed by atoms with Gasteiger partial charge in [-0.2, -0.15) is 5.10 Å². The number of fused-ring (bicyclic) bond motifs is 1. The van der Waals surface area contributed by atoms with Crippen molar-refractivity contribution < 1.29 is 4.79 Å². The van der Waals surface area contributed by atoms with Gasteiger partial charge in [0, 0.05) is 24.2 Å². The van der Waals surface area contributed by atoms with Crippen LogP contribution in [-0.2, 0) is 6.54 Å². The van der Waals surface area contributed by atoms with E-state index in [0.717, 1.165) is 16.9 Å². The summed E-state index contributed by atoms with van der Waals surface area (Å²) in [7, 11) is 0. The van der Waals surface area contributed by atoms with E-state index in [4.69, 9.17) is 0 Å². The number of para-hydroxylation sites is 1. The van der Waals surface area contributed by atoms with Crippen molar-refractivity contribution in [2.75, 3.05) is 0 Å². The molecule has 0 spiro atoms. The number of carbonyl (C=O) groups is 1. The molecule has 1 aliphatic rings. The van der Waals surface area contributed by atoms with Crippen molar-refractivity contribution in [3.05, 3.63) is 77.9 Å². The molecule has 1 aromatic carbocycles. The maximum absolute atomic E-state index is 12.7. The molecular formula is C18H16N4O. The van der Waals surface area contributed by atoms with E-state index in [1.54, 1.807) is 12.4 Å². The Morgan fingerprint density at radius 1 is 1.09 bits per heavy atom. The SMILES string of the molecule is C[C@H](c1ccccc1-n1cccn1)N1Cc2ncccc2C1=O. The molecule has 5 heteroatoms. The average Bonchev–Trinajstić information content (AvgIpc) is 3.23. The van der Waals surface area contributed by atoms with Crippen LogP contribution in [0, 0.1) is 0 Å². The van der Waals surface area contributed by atoms with Crippen LogP contribution < -0.4 is 0 Å². The molecule has 0 aliphatic carbocycles. The third-order valence-electron chi connectivity index (χ3n) is 4.31. The molecule has 0 radical (unpaired) electrons. The van der Waals surface area contributed by atoms with E-state index < -0.39 is 0 Å². The second kappa shape index (κ2) is 5.35. The fraction of sp³-hybridized carbons (Fsp3) is 0.167. The lowest BCUT2D eigenvalue weighted by atomic mass is 10.0. The molecule has 0 fully saturated rings. The number of aromatic nitrogens is 3. The first-order chi connectivity index (χ1) is 11.3. The minimum atomic E-state index is -0.0582. The summed E-state index contributed by atoms with van der Waals surface area (Å²) in [4.78, 5) is 18.9. The Kier molecular flexibility index (Phi) is 3.19. The van der Waals surface area contributed by atoms with E-state index in [1.807, 2.05) is 65.2 Å². The van der Waals surface area contributed by atoms with Crippen LogP contribution in [0.1, 0.15) is 34.6 Å². The normalized spacial score (nSPS) is 14.8. The fourth-order valence-electron chi connectivity index (χ4n) is 3.09. The third-order valence-corrected chi connectivity index (χ3v) is 4.31. The van der Waals surface area contributed by atoms with Crippen LogP contribution >= 0.6 is 0 Å². The van der Waals surface area contributed by atoms with Crippen LogP contribution in [0.2, 0.25) is 0 Å². The van der Waals surface area contributed by atoms with Gasteiger partial charge in [-0.05, 0) is 31.2 Å². The van der Waals surface area contributed by atoms with Crippen LogP contribution in [0.25, 0.3) is 5.69 Å². The zero-order chi connectivity index (χ0) is 15.8. The number of hydrogen-bond donors (Lipinski definition) is 0. The summed E-state index contributed by atoms with van der Waals surface area (Å²) >= 11 is 0. The van der Waals surface area contributed by atoms with Gasteiger partial charge in [0.1, 0.15) is 0 Å². The predicted octanol–water partition coefficient (Wildman–Crippen LogP) is 2.98. The van der Waals surface area contributed by atoms with Crippen molar-refractivity contribution in [1.29, 1.82) is 0 Å². The summed E-state index contributed by atoms with van der Waals surface area (Å²) in [6.07, 6.45) is 5.40. The second-order valence-electron chi connectivity index (χ2n) is 5.62. The molecule has 0 N–H and O–H groups in total. The molecule has 3 aromatic rings. The van der Waals surface area contributed by atoms with E-state index in [9.17, 15) is 4.79 Å². The molecule has 1 atom stereocenters. The highest BCUT2D eigenvalue weighted by Crippen LogP contribution is 2.32. The monoisotopic (exact) mass is 304 g/mol. The number of benzene rings is 1. The molecule has 0 saturated carbocycles. The van der Waals surface area contributed by atoms with E-state index >= 15 is 0 Å². The van der Waals surface area contributed by atoms with Gasteiger partial charge in [0.2, 0.25) is 0 Å². The zero-order valence-electron chi connectivity index (χ0n) is 12.8. The van der Waals surface area contributed by atoms with Crippen molar-refractivity contribution in [1.82, 2.24) is 19.7 Å². The van der Waals surface area contributed by atoms with Crippen LogP contribution in [0.15, 0.2) is 61.1 Å². The van der Waals surface area contributed by atoms with Gasteiger partial charge < -0.3 is 4.90 Å². The first-order valence-corrected chi connectivity index (χ1v) is 7.59. The Bertz CT molecular complexity index is 857. The summed E-state index contributed by atoms with van der Waals surface area (Å²) in [5.74, 6) is 0.0378. The Morgan fingerprint density at radius 3 is 2.74 bits per heavy atom. The third kappa shape index (κ3) is 2.21. The Morgan fingerprint density at radius 2 is 1.96 bits per heavy atom. The number of hydrogen-bond acceptors (Lipinski definition) is 3. The molecule has 2 aromatic heterocycles. The number of nitrogens with zero attached hydrogens (tertiary/aromatic N) is 4. The van der Waals surface area contributed by atoms with Crippen molar-refractivity contribution in [2.45, 2.75) is 19.5 Å². The average molecular weight is 304 g/mol. The summed E-state index contributed by atoms with van der Waals surface area (Å²) in [6, 6.07) is 13.5. The topological polar surface area (TPSA) is 51.0 Å². The van der Waals surface area contributed by atoms with Crippen molar-refractivity contribution in [3.63, 3.8) is 0 Å². The van der Waals surface area contributed by atoms with Crippen molar-refractivity contribution in [2.24, 2.45) is 0 Å². The number of pyridine rings is 1. The zero-order valence-corrected chi connectivity index (χ0v) is 12.8. The van der Waals surface area contributed by atoms with Crippen LogP contribution in [0.3, 0.4) is 0 Å². The van der Waals surface area contributed by atoms with Gasteiger partial charge in [0.05, 0.1) is 29.5 Å². The quantitative estimate of drug-likeness (QED) is 0.747. The Labute approximate surface area is 134 Å². The molecule has 5 nitrogen and oxygen atoms in total. The van der Waals surface area contributed by atoms with Crippen molar-refractivity contribution in [3.8, 4) is 5.69 Å². The molecule has 23 heavy (non-hydrogen) atoms. The predicted molar refractivity (Wildman–Crippen MR) is 86.1 cm³/mol. The van der Waals surface area contributed by atoms with Gasteiger partial charge in [-0.25, -0.2) is 4.68 Å². The standard InChI is InChI=1S/C18H16N4O/c1-13(21-12-16-15(18(21)23)7-4-9-19-16)14-6-2-3-8-17(14)22-11-5-10-20-22/h2-11,13H,12H2,1H3/t13-/m1/s1. The summed E-state index contributed by atoms with van der Waals surface area (Å²) in [6.45, 7) is 2.59. The lowest BCUT2D eigenvalue weighted by Gasteiger charge is -2.26. The van der Waals surface area contributed by atoms with E-state index in [-0.39, 0.29) is 11.9 Å². The highest BCUT2D eigenvalue weighted by Gasteiger charge is 2.32. The Hall–Kier alpha value is -2.95. The maximum atomic E-state index is 12.7. The number of amides is 1. The van der Waals surface area contributed by atoms with E-state index in [2.05, 4.69) is 10.1 Å². The molecule has 1 aliphatic heterocycles. The van der Waals surface area contributed by atoms with Gasteiger partial charge in [-0.15, -0.1) is 0 Å². The van der Waals surface area contributed by atoms with E-state index in [0.29, 0.717) is 12.1 Å². The lowest BCUT2D eigenvalue weighted by molar-refractivity contribution is 0.0715. The number of rotatable bonds is 3. The fourth-order valence-corrected chi connectivity index (χ4v) is 3.09. The molecule has 0 bridgehead atoms. The molecule has 0 unspecified atom stereocenters. The second-order valence-corrected chi connectivity index (χ2v) is 5.62. The minimum Gasteiger partial charge on any atom is -0.326 e. The Balaban J connectivity index is 1.72. The van der Waals surface area contributed by atoms with Crippen LogP contribution in [-0.4, -0.2) is 25.6 Å². The molecule has 4 rings (SSSR count). The molecule has 3 heterocycles. The van der Waals surface area contributed by atoms with Gasteiger partial charge in [0.15, 0.2) is 0 Å². The highest BCUT2D eigenvalue weighted by molar-refractivity contribution is 5.98. The highest BCUT2D eigenvalue weighted by atomic mass is 16.2. The largest absolute Gasteiger partial charge is 0.326 e. The van der Waals surface area contributed by atoms with Crippen LogP contribution in [0.5, 0.6) is 0 Å². The van der Waals surface area contributed by atoms with Gasteiger partial charge in [0.25, 0.3) is 5.91 Å². The van der Waals surface area contributed by atoms with Crippen molar-refractivity contribution >= 4 is 5.91 Å². The molecule has 0 saturated heterocycles. The van der Waals surface area contributed by atoms with Gasteiger partial charge >= 0.3 is 0 Å². The van der Waals surface area contributed by atoms with Crippen LogP contribution in [0.4, 0.5) is 0 Å². The maximum Gasteiger partial charge on any atom is 0.256 e. The first-order valence-electron chi connectivity index (χ1n) is 7.59. The summed E-state index contributed by atoms with van der Waals surface area (Å²) in [5.41, 5.74) is 3.61.